The molecule has 6 nitrogen and oxygen atoms in total. The lowest BCUT2D eigenvalue weighted by molar-refractivity contribution is -0.143. The fourth-order valence-electron chi connectivity index (χ4n) is 2.56. The maximum atomic E-state index is 12.2. The molecule has 2 unspecified atom stereocenters. The second kappa shape index (κ2) is 6.27. The van der Waals surface area contributed by atoms with Crippen LogP contribution in [0.25, 0.3) is 0 Å². The van der Waals surface area contributed by atoms with Crippen molar-refractivity contribution >= 4 is 17.7 Å². The minimum atomic E-state index is -0.802. The molecule has 0 spiro atoms. The average Bonchev–Trinajstić information content (AvgIpc) is 2.47. The quantitative estimate of drug-likeness (QED) is 0.872. The summed E-state index contributed by atoms with van der Waals surface area (Å²) in [4.78, 5) is 24.9. The number of benzene rings is 1. The number of nitrogens with one attached hydrogen (secondary N) is 1. The van der Waals surface area contributed by atoms with E-state index in [1.165, 1.54) is 0 Å². The number of nitriles is 1. The molecule has 1 fully saturated rings. The molecule has 1 aliphatic heterocycles. The summed E-state index contributed by atoms with van der Waals surface area (Å²) in [7, 11) is 0. The van der Waals surface area contributed by atoms with Crippen LogP contribution < -0.4 is 5.32 Å². The number of carbonyl (C=O) groups excluding carboxylic acids is 1. The summed E-state index contributed by atoms with van der Waals surface area (Å²) < 4.78 is 0. The normalized spacial score (nSPS) is 21.4. The Labute approximate surface area is 123 Å². The Morgan fingerprint density at radius 1 is 1.48 bits per heavy atom. The van der Waals surface area contributed by atoms with E-state index in [4.69, 9.17) is 10.4 Å². The molecular formula is C15H17N3O3. The predicted molar refractivity (Wildman–Crippen MR) is 76.7 cm³/mol. The van der Waals surface area contributed by atoms with Crippen LogP contribution in [0.15, 0.2) is 24.3 Å². The Morgan fingerprint density at radius 2 is 2.24 bits per heavy atom. The van der Waals surface area contributed by atoms with Crippen molar-refractivity contribution in [3.63, 3.8) is 0 Å². The van der Waals surface area contributed by atoms with Gasteiger partial charge in [0.25, 0.3) is 0 Å². The topological polar surface area (TPSA) is 93.4 Å². The van der Waals surface area contributed by atoms with Gasteiger partial charge in [0, 0.05) is 18.3 Å². The Kier molecular flexibility index (Phi) is 4.43. The van der Waals surface area contributed by atoms with Gasteiger partial charge >= 0.3 is 12.0 Å². The lowest BCUT2D eigenvalue weighted by atomic mass is 9.92. The highest BCUT2D eigenvalue weighted by molar-refractivity contribution is 5.90. The average molecular weight is 287 g/mol. The van der Waals surface area contributed by atoms with Gasteiger partial charge in [-0.1, -0.05) is 6.07 Å². The molecule has 0 radical (unpaired) electrons. The third-order valence-electron chi connectivity index (χ3n) is 3.73. The maximum Gasteiger partial charge on any atom is 0.322 e. The first-order valence-corrected chi connectivity index (χ1v) is 6.82. The third kappa shape index (κ3) is 3.51. The zero-order valence-corrected chi connectivity index (χ0v) is 11.7. The molecule has 2 atom stereocenters. The van der Waals surface area contributed by atoms with Gasteiger partial charge in [0.2, 0.25) is 0 Å². The molecule has 2 N–H and O–H groups in total. The van der Waals surface area contributed by atoms with Crippen LogP contribution in [0.5, 0.6) is 0 Å². The number of amides is 2. The van der Waals surface area contributed by atoms with Crippen LogP contribution in [-0.4, -0.2) is 34.6 Å². The van der Waals surface area contributed by atoms with E-state index in [0.717, 1.165) is 0 Å². The molecule has 0 bridgehead atoms. The van der Waals surface area contributed by atoms with E-state index in [1.54, 1.807) is 29.2 Å². The van der Waals surface area contributed by atoms with Gasteiger partial charge in [-0.15, -0.1) is 0 Å². The van der Waals surface area contributed by atoms with Crippen LogP contribution in [0, 0.1) is 17.2 Å². The Balaban J connectivity index is 2.01. The smallest absolute Gasteiger partial charge is 0.322 e. The van der Waals surface area contributed by atoms with Crippen LogP contribution in [0.4, 0.5) is 10.5 Å². The number of urea groups is 1. The highest BCUT2D eigenvalue weighted by atomic mass is 16.4. The van der Waals surface area contributed by atoms with Crippen molar-refractivity contribution in [3.05, 3.63) is 29.8 Å². The zero-order valence-electron chi connectivity index (χ0n) is 11.7. The number of rotatable bonds is 2. The number of anilines is 1. The number of aliphatic carboxylic acids is 1. The van der Waals surface area contributed by atoms with Gasteiger partial charge in [-0.25, -0.2) is 4.79 Å². The molecular weight excluding hydrogens is 270 g/mol. The van der Waals surface area contributed by atoms with E-state index >= 15 is 0 Å². The largest absolute Gasteiger partial charge is 0.481 e. The SMILES string of the molecule is CC1CC(C(=O)O)CCN1C(=O)Nc1cccc(C#N)c1. The van der Waals surface area contributed by atoms with E-state index in [9.17, 15) is 9.59 Å². The number of nitrogens with zero attached hydrogens (tertiary/aromatic N) is 2. The number of carbonyl (C=O) groups is 2. The molecule has 0 saturated carbocycles. The predicted octanol–water partition coefficient (Wildman–Crippen LogP) is 2.28. The van der Waals surface area contributed by atoms with Gasteiger partial charge in [0.1, 0.15) is 0 Å². The first-order chi connectivity index (χ1) is 10.0. The summed E-state index contributed by atoms with van der Waals surface area (Å²) in [5.74, 6) is -1.19. The zero-order chi connectivity index (χ0) is 15.4. The molecule has 1 aromatic rings. The van der Waals surface area contributed by atoms with Crippen LogP contribution in [0.1, 0.15) is 25.3 Å². The van der Waals surface area contributed by atoms with Crippen molar-refractivity contribution in [2.24, 2.45) is 5.92 Å². The molecule has 1 saturated heterocycles. The van der Waals surface area contributed by atoms with Crippen molar-refractivity contribution in [1.29, 1.82) is 5.26 Å². The summed E-state index contributed by atoms with van der Waals surface area (Å²) in [5.41, 5.74) is 1.04. The molecule has 110 valence electrons. The lowest BCUT2D eigenvalue weighted by Crippen LogP contribution is -2.47. The number of carboxylic acid groups (broad SMARTS) is 1. The van der Waals surface area contributed by atoms with Gasteiger partial charge in [0.05, 0.1) is 17.6 Å². The van der Waals surface area contributed by atoms with Crippen molar-refractivity contribution in [1.82, 2.24) is 4.90 Å². The van der Waals surface area contributed by atoms with E-state index in [2.05, 4.69) is 5.32 Å². The first-order valence-electron chi connectivity index (χ1n) is 6.82. The van der Waals surface area contributed by atoms with Crippen LogP contribution >= 0.6 is 0 Å². The van der Waals surface area contributed by atoms with E-state index < -0.39 is 5.97 Å². The molecule has 0 aromatic heterocycles. The van der Waals surface area contributed by atoms with Crippen molar-refractivity contribution in [2.45, 2.75) is 25.8 Å². The number of piperidine rings is 1. The monoisotopic (exact) mass is 287 g/mol. The van der Waals surface area contributed by atoms with E-state index in [0.29, 0.717) is 30.6 Å². The lowest BCUT2D eigenvalue weighted by Gasteiger charge is -2.36. The standard InChI is InChI=1S/C15H17N3O3/c1-10-7-12(14(19)20)5-6-18(10)15(21)17-13-4-2-3-11(8-13)9-16/h2-4,8,10,12H,5-7H2,1H3,(H,17,21)(H,19,20). The van der Waals surface area contributed by atoms with Crippen LogP contribution in [0.2, 0.25) is 0 Å². The van der Waals surface area contributed by atoms with Crippen LogP contribution in [-0.2, 0) is 4.79 Å². The van der Waals surface area contributed by atoms with Gasteiger partial charge in [-0.05, 0) is 38.0 Å². The Bertz CT molecular complexity index is 594. The summed E-state index contributed by atoms with van der Waals surface area (Å²) in [6, 6.07) is 8.31. The fraction of sp³-hybridized carbons (Fsp3) is 0.400. The van der Waals surface area contributed by atoms with Gasteiger partial charge in [-0.2, -0.15) is 5.26 Å². The Morgan fingerprint density at radius 3 is 2.86 bits per heavy atom. The molecule has 6 heteroatoms. The second-order valence-corrected chi connectivity index (χ2v) is 5.22. The highest BCUT2D eigenvalue weighted by Gasteiger charge is 2.32. The maximum absolute atomic E-state index is 12.2. The minimum Gasteiger partial charge on any atom is -0.481 e. The summed E-state index contributed by atoms with van der Waals surface area (Å²) >= 11 is 0. The number of carboxylic acids is 1. The van der Waals surface area contributed by atoms with Gasteiger partial charge < -0.3 is 15.3 Å². The Hall–Kier alpha value is -2.55. The van der Waals surface area contributed by atoms with Crippen molar-refractivity contribution in [3.8, 4) is 6.07 Å². The summed E-state index contributed by atoms with van der Waals surface area (Å²) in [6.45, 7) is 2.27. The third-order valence-corrected chi connectivity index (χ3v) is 3.73. The van der Waals surface area contributed by atoms with E-state index in [-0.39, 0.29) is 18.0 Å². The number of hydrogen-bond acceptors (Lipinski definition) is 3. The number of likely N-dealkylation sites (tertiary alicyclic amines) is 1. The molecule has 1 aliphatic rings. The minimum absolute atomic E-state index is 0.126. The number of hydrogen-bond donors (Lipinski definition) is 2. The highest BCUT2D eigenvalue weighted by Crippen LogP contribution is 2.24. The molecule has 2 rings (SSSR count). The summed E-state index contributed by atoms with van der Waals surface area (Å²) in [5, 5.41) is 20.6. The first kappa shape index (κ1) is 14.9. The van der Waals surface area contributed by atoms with Gasteiger partial charge in [0.15, 0.2) is 0 Å². The molecule has 1 aromatic carbocycles. The molecule has 0 aliphatic carbocycles. The van der Waals surface area contributed by atoms with E-state index in [1.807, 2.05) is 13.0 Å². The second-order valence-electron chi connectivity index (χ2n) is 5.22. The van der Waals surface area contributed by atoms with Crippen molar-refractivity contribution < 1.29 is 14.7 Å². The summed E-state index contributed by atoms with van der Waals surface area (Å²) in [6.07, 6.45) is 0.923. The van der Waals surface area contributed by atoms with Crippen molar-refractivity contribution in [2.75, 3.05) is 11.9 Å². The molecule has 21 heavy (non-hydrogen) atoms. The van der Waals surface area contributed by atoms with Crippen LogP contribution in [0.3, 0.4) is 0 Å². The molecule has 1 heterocycles. The van der Waals surface area contributed by atoms with Gasteiger partial charge in [-0.3, -0.25) is 4.79 Å². The fourth-order valence-corrected chi connectivity index (χ4v) is 2.56. The molecule has 2 amide bonds.